The van der Waals surface area contributed by atoms with Gasteiger partial charge in [-0.15, -0.1) is 0 Å². The molecule has 2 heterocycles. The Hall–Kier alpha value is -2.57. The number of aldehydes is 1. The van der Waals surface area contributed by atoms with Crippen LogP contribution in [0.15, 0.2) is 30.5 Å². The second kappa shape index (κ2) is 7.00. The minimum Gasteiger partial charge on any atom is -0.479 e. The molecule has 2 aromatic rings. The molecule has 0 aromatic carbocycles. The van der Waals surface area contributed by atoms with Gasteiger partial charge in [-0.25, -0.2) is 14.4 Å². The predicted octanol–water partition coefficient (Wildman–Crippen LogP) is 1.84. The van der Waals surface area contributed by atoms with Gasteiger partial charge in [-0.05, 0) is 18.2 Å². The lowest BCUT2D eigenvalue weighted by molar-refractivity contribution is 0.112. The first-order chi connectivity index (χ1) is 9.06. The van der Waals surface area contributed by atoms with Gasteiger partial charge in [-0.1, -0.05) is 6.07 Å². The zero-order valence-electron chi connectivity index (χ0n) is 10.0. The van der Waals surface area contributed by atoms with Crippen molar-refractivity contribution >= 4 is 12.1 Å². The number of halogens is 2. The van der Waals surface area contributed by atoms with Crippen molar-refractivity contribution in [3.63, 3.8) is 0 Å². The molecule has 0 fully saturated rings. The van der Waals surface area contributed by atoms with Crippen LogP contribution in [-0.4, -0.2) is 23.4 Å². The molecule has 0 aliphatic rings. The Balaban J connectivity index is 0.000000200. The number of hydrogen-bond acceptors (Lipinski definition) is 5. The molecule has 19 heavy (non-hydrogen) atoms. The highest BCUT2D eigenvalue weighted by Crippen LogP contribution is 2.12. The third-order valence-electron chi connectivity index (χ3n) is 1.89. The topological polar surface area (TPSA) is 78.1 Å². The minimum atomic E-state index is -0.628. The molecule has 0 bridgehead atoms. The molecular formula is C12H11F2N3O2. The molecule has 0 radical (unpaired) electrons. The van der Waals surface area contributed by atoms with E-state index in [1.807, 2.05) is 0 Å². The van der Waals surface area contributed by atoms with E-state index >= 15 is 0 Å². The summed E-state index contributed by atoms with van der Waals surface area (Å²) in [6.45, 7) is 0. The molecule has 2 aromatic heterocycles. The predicted molar refractivity (Wildman–Crippen MR) is 64.7 cm³/mol. The van der Waals surface area contributed by atoms with Crippen LogP contribution < -0.4 is 10.5 Å². The Kier molecular flexibility index (Phi) is 5.34. The molecule has 5 nitrogen and oxygen atoms in total. The Morgan fingerprint density at radius 1 is 1.37 bits per heavy atom. The maximum Gasteiger partial charge on any atom is 0.250 e. The number of ether oxygens (including phenoxy) is 1. The van der Waals surface area contributed by atoms with Gasteiger partial charge in [-0.2, -0.15) is 4.39 Å². The quantitative estimate of drug-likeness (QED) is 0.663. The van der Waals surface area contributed by atoms with Crippen LogP contribution in [-0.2, 0) is 0 Å². The van der Waals surface area contributed by atoms with Crippen LogP contribution in [0.25, 0.3) is 0 Å². The average molecular weight is 267 g/mol. The fourth-order valence-electron chi connectivity index (χ4n) is 1.08. The van der Waals surface area contributed by atoms with Gasteiger partial charge in [0.25, 0.3) is 0 Å². The first kappa shape index (κ1) is 14.5. The van der Waals surface area contributed by atoms with E-state index in [9.17, 15) is 13.6 Å². The lowest BCUT2D eigenvalue weighted by Gasteiger charge is -1.98. The van der Waals surface area contributed by atoms with Gasteiger partial charge in [0.05, 0.1) is 7.11 Å². The molecule has 0 saturated heterocycles. The fourth-order valence-corrected chi connectivity index (χ4v) is 1.08. The first-order valence-electron chi connectivity index (χ1n) is 5.09. The largest absolute Gasteiger partial charge is 0.479 e. The number of pyridine rings is 2. The van der Waals surface area contributed by atoms with Crippen molar-refractivity contribution in [1.29, 1.82) is 0 Å². The van der Waals surface area contributed by atoms with Crippen molar-refractivity contribution in [3.05, 3.63) is 47.8 Å². The molecule has 2 N–H and O–H groups in total. The monoisotopic (exact) mass is 267 g/mol. The molecule has 0 aliphatic carbocycles. The number of anilines is 1. The Labute approximate surface area is 108 Å². The smallest absolute Gasteiger partial charge is 0.250 e. The SMILES string of the molecule is COc1ncc(C=O)cc1F.Nc1cccc(F)n1. The van der Waals surface area contributed by atoms with E-state index in [0.29, 0.717) is 6.29 Å². The molecule has 0 spiro atoms. The molecule has 7 heteroatoms. The molecule has 0 unspecified atom stereocenters. The Bertz CT molecular complexity index is 547. The number of nitrogens with two attached hydrogens (primary N) is 1. The van der Waals surface area contributed by atoms with E-state index in [2.05, 4.69) is 14.7 Å². The van der Waals surface area contributed by atoms with E-state index in [1.54, 1.807) is 0 Å². The summed E-state index contributed by atoms with van der Waals surface area (Å²) in [5, 5.41) is 0. The lowest BCUT2D eigenvalue weighted by Crippen LogP contribution is -1.93. The lowest BCUT2D eigenvalue weighted by atomic mass is 10.3. The number of carbonyl (C=O) groups excluding carboxylic acids is 1. The number of hydrogen-bond donors (Lipinski definition) is 1. The van der Waals surface area contributed by atoms with E-state index in [0.717, 1.165) is 6.07 Å². The van der Waals surface area contributed by atoms with Gasteiger partial charge < -0.3 is 10.5 Å². The highest BCUT2D eigenvalue weighted by molar-refractivity contribution is 5.74. The summed E-state index contributed by atoms with van der Waals surface area (Å²) in [6.07, 6.45) is 1.77. The highest BCUT2D eigenvalue weighted by atomic mass is 19.1. The van der Waals surface area contributed by atoms with E-state index < -0.39 is 11.8 Å². The summed E-state index contributed by atoms with van der Waals surface area (Å²) in [5.74, 6) is -1.05. The maximum atomic E-state index is 12.7. The zero-order chi connectivity index (χ0) is 14.3. The summed E-state index contributed by atoms with van der Waals surface area (Å²) < 4.78 is 29.2. The van der Waals surface area contributed by atoms with Gasteiger partial charge in [0.1, 0.15) is 5.82 Å². The van der Waals surface area contributed by atoms with Gasteiger partial charge in [0.2, 0.25) is 11.8 Å². The van der Waals surface area contributed by atoms with E-state index in [4.69, 9.17) is 5.73 Å². The number of aromatic nitrogens is 2. The number of nitrogens with zero attached hydrogens (tertiary/aromatic N) is 2. The van der Waals surface area contributed by atoms with Crippen molar-refractivity contribution in [2.45, 2.75) is 0 Å². The Morgan fingerprint density at radius 3 is 2.53 bits per heavy atom. The van der Waals surface area contributed by atoms with Crippen LogP contribution in [0.5, 0.6) is 5.88 Å². The van der Waals surface area contributed by atoms with Gasteiger partial charge in [0, 0.05) is 11.8 Å². The first-order valence-corrected chi connectivity index (χ1v) is 5.09. The van der Waals surface area contributed by atoms with Crippen LogP contribution >= 0.6 is 0 Å². The summed E-state index contributed by atoms with van der Waals surface area (Å²) in [5.41, 5.74) is 5.30. The third-order valence-corrected chi connectivity index (χ3v) is 1.89. The highest BCUT2D eigenvalue weighted by Gasteiger charge is 2.03. The molecule has 0 saturated carbocycles. The normalized spacial score (nSPS) is 9.21. The molecule has 100 valence electrons. The van der Waals surface area contributed by atoms with Gasteiger partial charge in [-0.3, -0.25) is 4.79 Å². The van der Waals surface area contributed by atoms with Crippen molar-refractivity contribution in [3.8, 4) is 5.88 Å². The third kappa shape index (κ3) is 4.66. The molecule has 0 atom stereocenters. The van der Waals surface area contributed by atoms with Crippen LogP contribution in [0.3, 0.4) is 0 Å². The van der Waals surface area contributed by atoms with Crippen LogP contribution in [0.2, 0.25) is 0 Å². The van der Waals surface area contributed by atoms with Crippen LogP contribution in [0, 0.1) is 11.8 Å². The summed E-state index contributed by atoms with van der Waals surface area (Å²) in [6, 6.07) is 5.36. The van der Waals surface area contributed by atoms with Crippen molar-refractivity contribution in [2.75, 3.05) is 12.8 Å². The Morgan fingerprint density at radius 2 is 2.11 bits per heavy atom. The summed E-state index contributed by atoms with van der Waals surface area (Å²) in [7, 11) is 1.31. The van der Waals surface area contributed by atoms with Crippen molar-refractivity contribution < 1.29 is 18.3 Å². The second-order valence-electron chi connectivity index (χ2n) is 3.26. The minimum absolute atomic E-state index is 0.101. The average Bonchev–Trinajstić information content (AvgIpc) is 2.39. The number of nitrogen functional groups attached to an aromatic ring is 1. The van der Waals surface area contributed by atoms with Gasteiger partial charge >= 0.3 is 0 Å². The summed E-state index contributed by atoms with van der Waals surface area (Å²) >= 11 is 0. The number of rotatable bonds is 2. The fraction of sp³-hybridized carbons (Fsp3) is 0.0833. The van der Waals surface area contributed by atoms with Crippen molar-refractivity contribution in [2.24, 2.45) is 0 Å². The van der Waals surface area contributed by atoms with Gasteiger partial charge in [0.15, 0.2) is 12.1 Å². The summed E-state index contributed by atoms with van der Waals surface area (Å²) in [4.78, 5) is 16.9. The van der Waals surface area contributed by atoms with Crippen molar-refractivity contribution in [1.82, 2.24) is 9.97 Å². The molecule has 0 amide bonds. The van der Waals surface area contributed by atoms with Crippen LogP contribution in [0.4, 0.5) is 14.6 Å². The molecule has 0 aliphatic heterocycles. The van der Waals surface area contributed by atoms with E-state index in [1.165, 1.54) is 31.5 Å². The van der Waals surface area contributed by atoms with E-state index in [-0.39, 0.29) is 17.3 Å². The zero-order valence-corrected chi connectivity index (χ0v) is 10.0. The number of carbonyl (C=O) groups is 1. The second-order valence-corrected chi connectivity index (χ2v) is 3.26. The maximum absolute atomic E-state index is 12.7. The molecule has 2 rings (SSSR count). The molecular weight excluding hydrogens is 256 g/mol. The number of methoxy groups -OCH3 is 1. The van der Waals surface area contributed by atoms with Crippen LogP contribution in [0.1, 0.15) is 10.4 Å². The standard InChI is InChI=1S/C7H6FNO2.C5H5FN2/c1-11-7-6(8)2-5(4-10)3-9-7;6-4-2-1-3-5(7)8-4/h2-4H,1H3;1-3H,(H2,7,8).